The Hall–Kier alpha value is -2.19. The number of hydrogen-bond donors (Lipinski definition) is 1. The molecule has 1 aliphatic rings. The molecule has 8 nitrogen and oxygen atoms in total. The van der Waals surface area contributed by atoms with Gasteiger partial charge in [-0.25, -0.2) is 4.98 Å². The highest BCUT2D eigenvalue weighted by molar-refractivity contribution is 5.32. The summed E-state index contributed by atoms with van der Waals surface area (Å²) in [7, 11) is 1.80. The Morgan fingerprint density at radius 1 is 1.44 bits per heavy atom. The van der Waals surface area contributed by atoms with Gasteiger partial charge in [0.15, 0.2) is 0 Å². The Kier molecular flexibility index (Phi) is 7.99. The Balaban J connectivity index is 0.000000817. The average Bonchev–Trinajstić information content (AvgIpc) is 3.30. The van der Waals surface area contributed by atoms with Gasteiger partial charge in [-0.2, -0.15) is 0 Å². The lowest BCUT2D eigenvalue weighted by Crippen LogP contribution is -2.24. The van der Waals surface area contributed by atoms with Gasteiger partial charge in [-0.1, -0.05) is 19.0 Å². The standard InChI is InChI=1S/C18H28N4O2.CH2O2/c1-13(2)8-22-12-19-7-16(22)10-21-9-15(18(11-21)23-4)6-17-5-14(3)20-24-17;2-1-3/h5,7,12-13,15,18H,6,8-11H2,1-4H3;1H,(H,2,3)/t15-,18+;/m1./s1. The molecule has 1 N–H and O–H groups in total. The average molecular weight is 378 g/mol. The zero-order valence-corrected chi connectivity index (χ0v) is 16.5. The van der Waals surface area contributed by atoms with Gasteiger partial charge in [-0.05, 0) is 12.8 Å². The lowest BCUT2D eigenvalue weighted by atomic mass is 10.0. The first kappa shape index (κ1) is 21.1. The van der Waals surface area contributed by atoms with Crippen LogP contribution < -0.4 is 0 Å². The number of methoxy groups -OCH3 is 1. The quantitative estimate of drug-likeness (QED) is 0.738. The molecule has 0 saturated carbocycles. The maximum absolute atomic E-state index is 8.36. The van der Waals surface area contributed by atoms with Crippen molar-refractivity contribution < 1.29 is 19.2 Å². The van der Waals surface area contributed by atoms with E-state index in [-0.39, 0.29) is 12.6 Å². The Morgan fingerprint density at radius 3 is 2.78 bits per heavy atom. The van der Waals surface area contributed by atoms with Crippen LogP contribution in [0.1, 0.15) is 31.0 Å². The number of nitrogens with zero attached hydrogens (tertiary/aromatic N) is 4. The SMILES string of the molecule is CO[C@H]1CN(Cc2cncn2CC(C)C)C[C@H]1Cc1cc(C)no1.O=CO. The Bertz CT molecular complexity index is 697. The first-order valence-electron chi connectivity index (χ1n) is 9.21. The van der Waals surface area contributed by atoms with Crippen LogP contribution in [0.4, 0.5) is 0 Å². The highest BCUT2D eigenvalue weighted by Gasteiger charge is 2.34. The first-order valence-corrected chi connectivity index (χ1v) is 9.21. The summed E-state index contributed by atoms with van der Waals surface area (Å²) in [5, 5.41) is 10.9. The minimum atomic E-state index is -0.250. The summed E-state index contributed by atoms with van der Waals surface area (Å²) < 4.78 is 13.4. The first-order chi connectivity index (χ1) is 13.0. The van der Waals surface area contributed by atoms with Crippen LogP contribution in [0.3, 0.4) is 0 Å². The van der Waals surface area contributed by atoms with Crippen LogP contribution in [0.5, 0.6) is 0 Å². The minimum Gasteiger partial charge on any atom is -0.483 e. The van der Waals surface area contributed by atoms with Crippen LogP contribution >= 0.6 is 0 Å². The number of carboxylic acid groups (broad SMARTS) is 1. The van der Waals surface area contributed by atoms with Gasteiger partial charge in [0.2, 0.25) is 0 Å². The molecule has 1 aliphatic heterocycles. The van der Waals surface area contributed by atoms with E-state index in [4.69, 9.17) is 19.2 Å². The zero-order valence-electron chi connectivity index (χ0n) is 16.5. The fourth-order valence-electron chi connectivity index (χ4n) is 3.56. The largest absolute Gasteiger partial charge is 0.483 e. The number of aromatic nitrogens is 3. The van der Waals surface area contributed by atoms with Gasteiger partial charge in [0.25, 0.3) is 6.47 Å². The third-order valence-electron chi connectivity index (χ3n) is 4.65. The summed E-state index contributed by atoms with van der Waals surface area (Å²) in [6, 6.07) is 2.02. The van der Waals surface area contributed by atoms with E-state index in [0.717, 1.165) is 44.1 Å². The van der Waals surface area contributed by atoms with Crippen LogP contribution in [0, 0.1) is 18.8 Å². The van der Waals surface area contributed by atoms with E-state index in [1.807, 2.05) is 25.5 Å². The molecular weight excluding hydrogens is 348 g/mol. The van der Waals surface area contributed by atoms with Crippen molar-refractivity contribution >= 4 is 6.47 Å². The lowest BCUT2D eigenvalue weighted by molar-refractivity contribution is -0.122. The second-order valence-electron chi connectivity index (χ2n) is 7.40. The molecule has 1 saturated heterocycles. The maximum Gasteiger partial charge on any atom is 0.290 e. The molecule has 2 aromatic rings. The minimum absolute atomic E-state index is 0.233. The summed E-state index contributed by atoms with van der Waals surface area (Å²) in [6.07, 6.45) is 5.03. The smallest absolute Gasteiger partial charge is 0.290 e. The molecule has 8 heteroatoms. The molecule has 0 bridgehead atoms. The van der Waals surface area contributed by atoms with E-state index in [1.54, 1.807) is 7.11 Å². The van der Waals surface area contributed by atoms with E-state index in [2.05, 4.69) is 33.5 Å². The summed E-state index contributed by atoms with van der Waals surface area (Å²) in [5.41, 5.74) is 2.21. The van der Waals surface area contributed by atoms with E-state index in [1.165, 1.54) is 5.69 Å². The molecule has 0 spiro atoms. The summed E-state index contributed by atoms with van der Waals surface area (Å²) in [4.78, 5) is 15.1. The van der Waals surface area contributed by atoms with Gasteiger partial charge < -0.3 is 18.9 Å². The van der Waals surface area contributed by atoms with E-state index in [0.29, 0.717) is 11.8 Å². The number of hydrogen-bond acceptors (Lipinski definition) is 6. The number of ether oxygens (including phenoxy) is 1. The molecule has 27 heavy (non-hydrogen) atoms. The van der Waals surface area contributed by atoms with Gasteiger partial charge in [0.1, 0.15) is 5.76 Å². The predicted molar refractivity (Wildman–Crippen MR) is 100 cm³/mol. The number of likely N-dealkylation sites (tertiary alicyclic amines) is 1. The van der Waals surface area contributed by atoms with E-state index >= 15 is 0 Å². The van der Waals surface area contributed by atoms with Crippen LogP contribution in [0.15, 0.2) is 23.1 Å². The molecule has 150 valence electrons. The summed E-state index contributed by atoms with van der Waals surface area (Å²) in [6.45, 7) is 10.0. The monoisotopic (exact) mass is 378 g/mol. The normalized spacial score (nSPS) is 19.9. The lowest BCUT2D eigenvalue weighted by Gasteiger charge is -2.17. The Labute approximate surface area is 160 Å². The number of carbonyl (C=O) groups is 1. The highest BCUT2D eigenvalue weighted by atomic mass is 16.5. The van der Waals surface area contributed by atoms with E-state index < -0.39 is 0 Å². The molecule has 0 aromatic carbocycles. The molecular formula is C19H30N4O4. The van der Waals surface area contributed by atoms with Crippen molar-refractivity contribution in [2.75, 3.05) is 20.2 Å². The summed E-state index contributed by atoms with van der Waals surface area (Å²) in [5.74, 6) is 2.00. The fraction of sp³-hybridized carbons (Fsp3) is 0.632. The molecule has 1 fully saturated rings. The third kappa shape index (κ3) is 6.18. The number of rotatable bonds is 7. The molecule has 0 amide bonds. The topological polar surface area (TPSA) is 93.6 Å². The van der Waals surface area contributed by atoms with Crippen molar-refractivity contribution in [2.45, 2.75) is 46.4 Å². The fourth-order valence-corrected chi connectivity index (χ4v) is 3.56. The highest BCUT2D eigenvalue weighted by Crippen LogP contribution is 2.25. The maximum atomic E-state index is 8.36. The predicted octanol–water partition coefficient (Wildman–Crippen LogP) is 2.23. The van der Waals surface area contributed by atoms with Crippen LogP contribution in [-0.4, -0.2) is 57.5 Å². The molecule has 0 aliphatic carbocycles. The van der Waals surface area contributed by atoms with Gasteiger partial charge in [0.05, 0.1) is 23.8 Å². The molecule has 2 aromatic heterocycles. The van der Waals surface area contributed by atoms with Crippen molar-refractivity contribution in [1.82, 2.24) is 19.6 Å². The van der Waals surface area contributed by atoms with Crippen LogP contribution in [-0.2, 0) is 29.0 Å². The van der Waals surface area contributed by atoms with Gasteiger partial charge in [0, 0.05) is 57.9 Å². The van der Waals surface area contributed by atoms with Crippen molar-refractivity contribution in [3.05, 3.63) is 35.7 Å². The molecule has 3 rings (SSSR count). The van der Waals surface area contributed by atoms with Crippen molar-refractivity contribution in [3.8, 4) is 0 Å². The molecule has 0 unspecified atom stereocenters. The van der Waals surface area contributed by atoms with Gasteiger partial charge in [-0.15, -0.1) is 0 Å². The Morgan fingerprint density at radius 2 is 2.19 bits per heavy atom. The van der Waals surface area contributed by atoms with Crippen molar-refractivity contribution in [1.29, 1.82) is 0 Å². The van der Waals surface area contributed by atoms with Crippen molar-refractivity contribution in [2.24, 2.45) is 11.8 Å². The van der Waals surface area contributed by atoms with Gasteiger partial charge >= 0.3 is 0 Å². The zero-order chi connectivity index (χ0) is 19.8. The van der Waals surface area contributed by atoms with E-state index in [9.17, 15) is 0 Å². The number of aryl methyl sites for hydroxylation is 1. The molecule has 2 atom stereocenters. The second-order valence-corrected chi connectivity index (χ2v) is 7.40. The van der Waals surface area contributed by atoms with Crippen molar-refractivity contribution in [3.63, 3.8) is 0 Å². The molecule has 0 radical (unpaired) electrons. The van der Waals surface area contributed by atoms with Crippen LogP contribution in [0.2, 0.25) is 0 Å². The summed E-state index contributed by atoms with van der Waals surface area (Å²) >= 11 is 0. The van der Waals surface area contributed by atoms with Gasteiger partial charge in [-0.3, -0.25) is 9.69 Å². The second kappa shape index (κ2) is 10.2. The number of imidazole rings is 1. The molecule has 3 heterocycles. The third-order valence-corrected chi connectivity index (χ3v) is 4.65. The van der Waals surface area contributed by atoms with Crippen LogP contribution in [0.25, 0.3) is 0 Å².